The van der Waals surface area contributed by atoms with Crippen molar-refractivity contribution in [3.8, 4) is 5.69 Å². The largest absolute Gasteiger partial charge is 0.369 e. The Morgan fingerprint density at radius 2 is 1.91 bits per heavy atom. The summed E-state index contributed by atoms with van der Waals surface area (Å²) in [4.78, 5) is 10.9. The van der Waals surface area contributed by atoms with Crippen molar-refractivity contribution in [3.63, 3.8) is 0 Å². The zero-order valence-corrected chi connectivity index (χ0v) is 13.8. The monoisotopic (exact) mass is 310 g/mol. The summed E-state index contributed by atoms with van der Waals surface area (Å²) < 4.78 is 1.85. The molecule has 0 saturated carbocycles. The van der Waals surface area contributed by atoms with Crippen LogP contribution in [0.25, 0.3) is 16.7 Å². The molecule has 6 nitrogen and oxygen atoms in total. The first kappa shape index (κ1) is 15.4. The highest BCUT2D eigenvalue weighted by atomic mass is 15.3. The smallest absolute Gasteiger partial charge is 0.168 e. The number of aryl methyl sites for hydroxylation is 1. The van der Waals surface area contributed by atoms with Crippen LogP contribution < -0.4 is 5.32 Å². The lowest BCUT2D eigenvalue weighted by molar-refractivity contribution is 0.405. The van der Waals surface area contributed by atoms with Gasteiger partial charge in [0.1, 0.15) is 12.1 Å². The molecule has 0 bridgehead atoms. The SMILES string of the molecule is Cc1ccc(-n2ncc3c(NCCCN(C)C)ncnc32)cc1. The van der Waals surface area contributed by atoms with Crippen LogP contribution in [0, 0.1) is 6.92 Å². The first-order valence-electron chi connectivity index (χ1n) is 7.79. The molecule has 1 N–H and O–H groups in total. The number of fused-ring (bicyclic) bond motifs is 1. The minimum atomic E-state index is 0.818. The Morgan fingerprint density at radius 3 is 2.65 bits per heavy atom. The van der Waals surface area contributed by atoms with Gasteiger partial charge in [0.15, 0.2) is 5.65 Å². The minimum Gasteiger partial charge on any atom is -0.369 e. The molecule has 6 heteroatoms. The molecule has 3 rings (SSSR count). The van der Waals surface area contributed by atoms with Crippen LogP contribution in [0.4, 0.5) is 5.82 Å². The maximum absolute atomic E-state index is 4.48. The van der Waals surface area contributed by atoms with Crippen LogP contribution in [0.2, 0.25) is 0 Å². The zero-order valence-electron chi connectivity index (χ0n) is 13.8. The summed E-state index contributed by atoms with van der Waals surface area (Å²) in [5, 5.41) is 8.81. The number of benzene rings is 1. The van der Waals surface area contributed by atoms with E-state index in [0.29, 0.717) is 0 Å². The number of hydrogen-bond acceptors (Lipinski definition) is 5. The Balaban J connectivity index is 1.84. The van der Waals surface area contributed by atoms with Gasteiger partial charge in [-0.15, -0.1) is 0 Å². The van der Waals surface area contributed by atoms with E-state index in [2.05, 4.69) is 58.4 Å². The Morgan fingerprint density at radius 1 is 1.13 bits per heavy atom. The van der Waals surface area contributed by atoms with Crippen LogP contribution in [-0.2, 0) is 0 Å². The lowest BCUT2D eigenvalue weighted by atomic mass is 10.2. The molecule has 0 amide bonds. The van der Waals surface area contributed by atoms with Gasteiger partial charge in [-0.25, -0.2) is 14.6 Å². The van der Waals surface area contributed by atoms with Crippen LogP contribution in [0.1, 0.15) is 12.0 Å². The molecule has 23 heavy (non-hydrogen) atoms. The van der Waals surface area contributed by atoms with Crippen molar-refractivity contribution < 1.29 is 0 Å². The summed E-state index contributed by atoms with van der Waals surface area (Å²) in [6, 6.07) is 8.25. The second-order valence-electron chi connectivity index (χ2n) is 5.94. The first-order valence-corrected chi connectivity index (χ1v) is 7.79. The molecule has 120 valence electrons. The van der Waals surface area contributed by atoms with Crippen LogP contribution in [0.3, 0.4) is 0 Å². The van der Waals surface area contributed by atoms with Crippen molar-refractivity contribution in [1.29, 1.82) is 0 Å². The normalized spacial score (nSPS) is 11.3. The molecule has 1 aromatic carbocycles. The topological polar surface area (TPSA) is 58.9 Å². The predicted octanol–water partition coefficient (Wildman–Crippen LogP) is 2.49. The van der Waals surface area contributed by atoms with E-state index in [1.165, 1.54) is 5.56 Å². The van der Waals surface area contributed by atoms with E-state index in [4.69, 9.17) is 0 Å². The average molecular weight is 310 g/mol. The maximum atomic E-state index is 4.48. The molecule has 0 aliphatic heterocycles. The highest BCUT2D eigenvalue weighted by Gasteiger charge is 2.10. The zero-order chi connectivity index (χ0) is 16.2. The van der Waals surface area contributed by atoms with Gasteiger partial charge < -0.3 is 10.2 Å². The van der Waals surface area contributed by atoms with Gasteiger partial charge in [-0.3, -0.25) is 0 Å². The first-order chi connectivity index (χ1) is 11.1. The standard InChI is InChI=1S/C17H22N6/c1-13-5-7-14(8-6-13)23-17-15(11-21-23)16(19-12-20-17)18-9-4-10-22(2)3/h5-8,11-12H,4,9-10H2,1-3H3,(H,18,19,20). The van der Waals surface area contributed by atoms with Gasteiger partial charge in [0.05, 0.1) is 17.3 Å². The molecule has 0 aliphatic carbocycles. The van der Waals surface area contributed by atoms with E-state index in [9.17, 15) is 0 Å². The van der Waals surface area contributed by atoms with Gasteiger partial charge in [0, 0.05) is 6.54 Å². The van der Waals surface area contributed by atoms with E-state index < -0.39 is 0 Å². The van der Waals surface area contributed by atoms with Crippen LogP contribution >= 0.6 is 0 Å². The van der Waals surface area contributed by atoms with Crippen LogP contribution in [0.15, 0.2) is 36.8 Å². The fraction of sp³-hybridized carbons (Fsp3) is 0.353. The van der Waals surface area contributed by atoms with E-state index in [1.54, 1.807) is 6.33 Å². The highest BCUT2D eigenvalue weighted by Crippen LogP contribution is 2.21. The third kappa shape index (κ3) is 3.48. The highest BCUT2D eigenvalue weighted by molar-refractivity contribution is 5.87. The second kappa shape index (κ2) is 6.75. The number of aromatic nitrogens is 4. The Labute approximate surface area is 136 Å². The number of nitrogens with zero attached hydrogens (tertiary/aromatic N) is 5. The summed E-state index contributed by atoms with van der Waals surface area (Å²) in [5.41, 5.74) is 3.05. The third-order valence-corrected chi connectivity index (χ3v) is 3.72. The van der Waals surface area contributed by atoms with Crippen molar-refractivity contribution in [3.05, 3.63) is 42.4 Å². The van der Waals surface area contributed by atoms with Crippen molar-refractivity contribution >= 4 is 16.9 Å². The average Bonchev–Trinajstić information content (AvgIpc) is 2.97. The van der Waals surface area contributed by atoms with Gasteiger partial charge in [-0.1, -0.05) is 17.7 Å². The minimum absolute atomic E-state index is 0.818. The predicted molar refractivity (Wildman–Crippen MR) is 93.1 cm³/mol. The molecule has 0 spiro atoms. The van der Waals surface area contributed by atoms with Gasteiger partial charge in [-0.05, 0) is 46.1 Å². The van der Waals surface area contributed by atoms with E-state index >= 15 is 0 Å². The molecule has 0 unspecified atom stereocenters. The third-order valence-electron chi connectivity index (χ3n) is 3.72. The number of rotatable bonds is 6. The molecule has 0 atom stereocenters. The lowest BCUT2D eigenvalue weighted by Crippen LogP contribution is -2.16. The van der Waals surface area contributed by atoms with E-state index in [0.717, 1.165) is 42.0 Å². The summed E-state index contributed by atoms with van der Waals surface area (Å²) >= 11 is 0. The summed E-state index contributed by atoms with van der Waals surface area (Å²) in [6.45, 7) is 3.99. The fourth-order valence-corrected chi connectivity index (χ4v) is 2.46. The Bertz CT molecular complexity index is 775. The van der Waals surface area contributed by atoms with Crippen molar-refractivity contribution in [2.45, 2.75) is 13.3 Å². The Hall–Kier alpha value is -2.47. The molecule has 2 aromatic heterocycles. The van der Waals surface area contributed by atoms with Crippen LogP contribution in [-0.4, -0.2) is 51.8 Å². The van der Waals surface area contributed by atoms with E-state index in [-0.39, 0.29) is 0 Å². The van der Waals surface area contributed by atoms with Gasteiger partial charge in [-0.2, -0.15) is 5.10 Å². The van der Waals surface area contributed by atoms with Crippen molar-refractivity contribution in [2.75, 3.05) is 32.5 Å². The quantitative estimate of drug-likeness (QED) is 0.709. The second-order valence-corrected chi connectivity index (χ2v) is 5.94. The molecule has 0 radical (unpaired) electrons. The van der Waals surface area contributed by atoms with E-state index in [1.807, 2.05) is 23.0 Å². The molecule has 3 aromatic rings. The van der Waals surface area contributed by atoms with Crippen molar-refractivity contribution in [2.24, 2.45) is 0 Å². The van der Waals surface area contributed by atoms with Gasteiger partial charge >= 0.3 is 0 Å². The molecule has 0 aliphatic rings. The number of hydrogen-bond donors (Lipinski definition) is 1. The van der Waals surface area contributed by atoms with Crippen LogP contribution in [0.5, 0.6) is 0 Å². The summed E-state index contributed by atoms with van der Waals surface area (Å²) in [7, 11) is 4.16. The summed E-state index contributed by atoms with van der Waals surface area (Å²) in [5.74, 6) is 0.840. The fourth-order valence-electron chi connectivity index (χ4n) is 2.46. The molecule has 0 fully saturated rings. The number of nitrogens with one attached hydrogen (secondary N) is 1. The van der Waals surface area contributed by atoms with Gasteiger partial charge in [0.25, 0.3) is 0 Å². The lowest BCUT2D eigenvalue weighted by Gasteiger charge is -2.10. The number of anilines is 1. The molecule has 2 heterocycles. The maximum Gasteiger partial charge on any atom is 0.168 e. The van der Waals surface area contributed by atoms with Gasteiger partial charge in [0.2, 0.25) is 0 Å². The van der Waals surface area contributed by atoms with Crippen molar-refractivity contribution in [1.82, 2.24) is 24.6 Å². The Kier molecular flexibility index (Phi) is 4.52. The molecular formula is C17H22N6. The summed E-state index contributed by atoms with van der Waals surface area (Å²) in [6.07, 6.45) is 4.47. The molecular weight excluding hydrogens is 288 g/mol. The molecule has 0 saturated heterocycles.